The van der Waals surface area contributed by atoms with Crippen LogP contribution in [-0.4, -0.2) is 30.3 Å². The summed E-state index contributed by atoms with van der Waals surface area (Å²) in [5.74, 6) is -1.97. The number of carbonyl (C=O) groups excluding carboxylic acids is 4. The van der Waals surface area contributed by atoms with Gasteiger partial charge in [-0.15, -0.1) is 0 Å². The second-order valence-corrected chi connectivity index (χ2v) is 10.2. The molecule has 7 nitrogen and oxygen atoms in total. The number of amides is 3. The van der Waals surface area contributed by atoms with E-state index in [0.717, 1.165) is 22.9 Å². The molecule has 1 saturated heterocycles. The summed E-state index contributed by atoms with van der Waals surface area (Å²) in [6, 6.07) is 11.8. The lowest BCUT2D eigenvalue weighted by Gasteiger charge is -2.19. The van der Waals surface area contributed by atoms with E-state index in [4.69, 9.17) is 4.74 Å². The number of benzene rings is 2. The number of rotatable bonds is 6. The van der Waals surface area contributed by atoms with E-state index in [9.17, 15) is 19.2 Å². The van der Waals surface area contributed by atoms with Crippen molar-refractivity contribution >= 4 is 51.0 Å². The second kappa shape index (κ2) is 9.07. The summed E-state index contributed by atoms with van der Waals surface area (Å²) in [6.45, 7) is 3.55. The quantitative estimate of drug-likeness (QED) is 0.333. The molecule has 2 aliphatic carbocycles. The lowest BCUT2D eigenvalue weighted by molar-refractivity contribution is -0.123. The highest BCUT2D eigenvalue weighted by Gasteiger charge is 2.60. The molecule has 3 amide bonds. The number of aryl methyl sites for hydroxylation is 1. The van der Waals surface area contributed by atoms with Gasteiger partial charge >= 0.3 is 5.97 Å². The molecule has 4 atom stereocenters. The van der Waals surface area contributed by atoms with Gasteiger partial charge in [0.05, 0.1) is 23.1 Å². The first-order valence-corrected chi connectivity index (χ1v) is 12.5. The number of esters is 1. The maximum atomic E-state index is 13.2. The Morgan fingerprint density at radius 2 is 1.89 bits per heavy atom. The van der Waals surface area contributed by atoms with E-state index in [0.29, 0.717) is 11.4 Å². The van der Waals surface area contributed by atoms with Crippen LogP contribution in [0.1, 0.15) is 36.2 Å². The molecule has 1 heterocycles. The van der Waals surface area contributed by atoms with Crippen LogP contribution in [0.25, 0.3) is 0 Å². The van der Waals surface area contributed by atoms with E-state index in [1.165, 1.54) is 22.6 Å². The van der Waals surface area contributed by atoms with E-state index in [1.807, 2.05) is 26.0 Å². The first kappa shape index (κ1) is 23.5. The van der Waals surface area contributed by atoms with Crippen LogP contribution in [0.2, 0.25) is 0 Å². The van der Waals surface area contributed by atoms with Gasteiger partial charge in [-0.05, 0) is 73.6 Å². The van der Waals surface area contributed by atoms with Gasteiger partial charge in [-0.2, -0.15) is 0 Å². The summed E-state index contributed by atoms with van der Waals surface area (Å²) >= 11 is 3.41. The van der Waals surface area contributed by atoms with Crippen molar-refractivity contribution in [3.05, 3.63) is 69.7 Å². The van der Waals surface area contributed by atoms with Crippen molar-refractivity contribution in [2.75, 3.05) is 16.8 Å². The maximum Gasteiger partial charge on any atom is 0.338 e. The molecule has 0 radical (unpaired) electrons. The average molecular weight is 537 g/mol. The number of imide groups is 1. The Hall–Kier alpha value is -3.26. The van der Waals surface area contributed by atoms with E-state index >= 15 is 0 Å². The minimum Gasteiger partial charge on any atom is -0.452 e. The third-order valence-electron chi connectivity index (χ3n) is 7.28. The van der Waals surface area contributed by atoms with Crippen LogP contribution in [0.4, 0.5) is 11.4 Å². The summed E-state index contributed by atoms with van der Waals surface area (Å²) in [5.41, 5.74) is 3.32. The fraction of sp³-hybridized carbons (Fsp3) is 0.333. The number of allylic oxidation sites excluding steroid dienone is 2. The lowest BCUT2D eigenvalue weighted by atomic mass is 9.82. The van der Waals surface area contributed by atoms with Gasteiger partial charge in [-0.1, -0.05) is 40.6 Å². The summed E-state index contributed by atoms with van der Waals surface area (Å²) in [7, 11) is 0. The molecule has 0 unspecified atom stereocenters. The summed E-state index contributed by atoms with van der Waals surface area (Å²) < 4.78 is 6.12. The van der Waals surface area contributed by atoms with Gasteiger partial charge in [0, 0.05) is 10.2 Å². The van der Waals surface area contributed by atoms with Gasteiger partial charge in [-0.3, -0.25) is 14.4 Å². The number of fused-ring (bicyclic) bond motifs is 5. The Morgan fingerprint density at radius 1 is 1.11 bits per heavy atom. The Kier molecular flexibility index (Phi) is 6.09. The number of nitrogens with one attached hydrogen (secondary N) is 1. The molecule has 180 valence electrons. The highest BCUT2D eigenvalue weighted by atomic mass is 79.9. The topological polar surface area (TPSA) is 92.8 Å². The zero-order valence-electron chi connectivity index (χ0n) is 19.4. The van der Waals surface area contributed by atoms with Gasteiger partial charge in [-0.25, -0.2) is 9.69 Å². The molecule has 1 aliphatic heterocycles. The van der Waals surface area contributed by atoms with Crippen molar-refractivity contribution in [2.24, 2.45) is 23.7 Å². The largest absolute Gasteiger partial charge is 0.452 e. The first-order chi connectivity index (χ1) is 16.8. The van der Waals surface area contributed by atoms with Crippen LogP contribution in [0.5, 0.6) is 0 Å². The maximum absolute atomic E-state index is 13.2. The molecule has 2 aromatic rings. The molecule has 3 aliphatic rings. The molecule has 0 spiro atoms. The third kappa shape index (κ3) is 4.10. The lowest BCUT2D eigenvalue weighted by Crippen LogP contribution is -2.33. The van der Waals surface area contributed by atoms with Crippen LogP contribution in [0.3, 0.4) is 0 Å². The van der Waals surface area contributed by atoms with Crippen molar-refractivity contribution in [3.8, 4) is 0 Å². The third-order valence-corrected chi connectivity index (χ3v) is 7.77. The minimum atomic E-state index is -0.703. The molecule has 2 aromatic carbocycles. The standard InChI is InChI=1S/C27H25BrN2O5/c1-3-15-10-18(28)7-8-21(15)29-22(31)13-35-27(34)16-5-4-6-19(11-16)30-25(32)23-17-9-14(2)20(12-17)24(23)26(30)33/h4-11,17,20,23-24H,3,12-13H2,1-2H3,(H,29,31)/t17-,20+,23-,24+/m0/s1. The number of halogens is 1. The number of anilines is 2. The SMILES string of the molecule is CCc1cc(Br)ccc1NC(=O)COC(=O)c1cccc(N2C(=O)[C@@H]3[C@H](C2=O)[C@@H]2C[C@@H]3C=C2C)c1. The number of ether oxygens (including phenoxy) is 1. The molecule has 35 heavy (non-hydrogen) atoms. The smallest absolute Gasteiger partial charge is 0.338 e. The van der Waals surface area contributed by atoms with E-state index in [1.54, 1.807) is 18.2 Å². The number of nitrogens with zero attached hydrogens (tertiary/aromatic N) is 1. The average Bonchev–Trinajstić information content (AvgIpc) is 3.48. The zero-order chi connectivity index (χ0) is 24.9. The van der Waals surface area contributed by atoms with Gasteiger partial charge < -0.3 is 10.1 Å². The summed E-state index contributed by atoms with van der Waals surface area (Å²) in [5, 5.41) is 2.76. The van der Waals surface area contributed by atoms with Gasteiger partial charge in [0.15, 0.2) is 6.61 Å². The Balaban J connectivity index is 1.25. The molecule has 1 saturated carbocycles. The number of carbonyl (C=O) groups is 4. The number of hydrogen-bond acceptors (Lipinski definition) is 5. The van der Waals surface area contributed by atoms with E-state index in [-0.39, 0.29) is 41.0 Å². The summed E-state index contributed by atoms with van der Waals surface area (Å²) in [4.78, 5) is 52.5. The second-order valence-electron chi connectivity index (χ2n) is 9.31. The number of hydrogen-bond donors (Lipinski definition) is 1. The fourth-order valence-corrected chi connectivity index (χ4v) is 6.09. The molecule has 2 bridgehead atoms. The highest BCUT2D eigenvalue weighted by Crippen LogP contribution is 2.55. The molecule has 5 rings (SSSR count). The first-order valence-electron chi connectivity index (χ1n) is 11.7. The Bertz CT molecular complexity index is 1290. The molecule has 8 heteroatoms. The van der Waals surface area contributed by atoms with Gasteiger partial charge in [0.25, 0.3) is 5.91 Å². The minimum absolute atomic E-state index is 0.108. The van der Waals surface area contributed by atoms with Crippen LogP contribution >= 0.6 is 15.9 Å². The monoisotopic (exact) mass is 536 g/mol. The zero-order valence-corrected chi connectivity index (χ0v) is 21.0. The predicted octanol–water partition coefficient (Wildman–Crippen LogP) is 4.51. The van der Waals surface area contributed by atoms with Crippen molar-refractivity contribution in [1.29, 1.82) is 0 Å². The van der Waals surface area contributed by atoms with Gasteiger partial charge in [0.1, 0.15) is 0 Å². The van der Waals surface area contributed by atoms with E-state index < -0.39 is 18.5 Å². The van der Waals surface area contributed by atoms with Crippen molar-refractivity contribution in [3.63, 3.8) is 0 Å². The van der Waals surface area contributed by atoms with E-state index in [2.05, 4.69) is 27.3 Å². The molecular weight excluding hydrogens is 512 g/mol. The molecule has 0 aromatic heterocycles. The van der Waals surface area contributed by atoms with Crippen LogP contribution in [-0.2, 0) is 25.5 Å². The van der Waals surface area contributed by atoms with Crippen molar-refractivity contribution in [1.82, 2.24) is 0 Å². The predicted molar refractivity (Wildman–Crippen MR) is 134 cm³/mol. The van der Waals surface area contributed by atoms with Crippen LogP contribution in [0.15, 0.2) is 58.6 Å². The Morgan fingerprint density at radius 3 is 2.66 bits per heavy atom. The molecule has 1 N–H and O–H groups in total. The van der Waals surface area contributed by atoms with Crippen molar-refractivity contribution < 1.29 is 23.9 Å². The Labute approximate surface area is 211 Å². The van der Waals surface area contributed by atoms with Crippen molar-refractivity contribution in [2.45, 2.75) is 26.7 Å². The van der Waals surface area contributed by atoms with Crippen LogP contribution in [0, 0.1) is 23.7 Å². The molecule has 2 fully saturated rings. The highest BCUT2D eigenvalue weighted by molar-refractivity contribution is 9.10. The molecular formula is C27H25BrN2O5. The summed E-state index contributed by atoms with van der Waals surface area (Å²) in [6.07, 6.45) is 3.71. The normalized spacial score (nSPS) is 24.4. The van der Waals surface area contributed by atoms with Gasteiger partial charge in [0.2, 0.25) is 11.8 Å². The fourth-order valence-electron chi connectivity index (χ4n) is 5.68. The van der Waals surface area contributed by atoms with Crippen LogP contribution < -0.4 is 10.2 Å².